The second kappa shape index (κ2) is 7.78. The molecule has 1 fully saturated rings. The summed E-state index contributed by atoms with van der Waals surface area (Å²) in [7, 11) is 5.05. The number of aliphatic hydroxyl groups is 1. The predicted molar refractivity (Wildman–Crippen MR) is 121 cm³/mol. The van der Waals surface area contributed by atoms with Gasteiger partial charge in [0, 0.05) is 17.1 Å². The number of rotatable bonds is 4. The zero-order chi connectivity index (χ0) is 23.4. The second-order valence-electron chi connectivity index (χ2n) is 9.20. The fourth-order valence-electron chi connectivity index (χ4n) is 6.20. The van der Waals surface area contributed by atoms with Gasteiger partial charge in [0.05, 0.1) is 25.8 Å². The van der Waals surface area contributed by atoms with Crippen LogP contribution >= 0.6 is 0 Å². The van der Waals surface area contributed by atoms with Gasteiger partial charge < -0.3 is 24.4 Å². The molecule has 1 saturated heterocycles. The number of phenols is 1. The lowest BCUT2D eigenvalue weighted by molar-refractivity contribution is -0.138. The van der Waals surface area contributed by atoms with E-state index in [1.807, 2.05) is 19.2 Å². The molecular weight excluding hydrogens is 422 g/mol. The number of methoxy groups -OCH3 is 2. The number of fused-ring (bicyclic) bond motifs is 1. The van der Waals surface area contributed by atoms with Crippen LogP contribution in [0.3, 0.4) is 0 Å². The standard InChI is InChI=1S/C26H29NO6/c1-27-12-11-25-14-18(28)20(32-3)15-26(25,33-24(30)16-7-5-4-6-8-16)21(27)13-17-9-10-19(31-2)23(29)22(17)25/h4-10,15,18,21,28-29H,11-14H2,1-3H3/t18?,21-,25-,26-/m0/s1. The number of carbonyl (C=O) groups is 1. The molecule has 1 aliphatic heterocycles. The molecule has 0 saturated carbocycles. The van der Waals surface area contributed by atoms with Crippen molar-refractivity contribution in [2.75, 3.05) is 27.8 Å². The van der Waals surface area contributed by atoms with Gasteiger partial charge in [0.15, 0.2) is 17.1 Å². The first-order valence-corrected chi connectivity index (χ1v) is 11.2. The van der Waals surface area contributed by atoms with Gasteiger partial charge in [-0.25, -0.2) is 4.79 Å². The van der Waals surface area contributed by atoms with Gasteiger partial charge in [-0.2, -0.15) is 0 Å². The summed E-state index contributed by atoms with van der Waals surface area (Å²) in [6, 6.07) is 12.4. The summed E-state index contributed by atoms with van der Waals surface area (Å²) < 4.78 is 17.4. The summed E-state index contributed by atoms with van der Waals surface area (Å²) in [4.78, 5) is 15.6. The van der Waals surface area contributed by atoms with E-state index in [0.717, 1.165) is 12.1 Å². The molecule has 0 aromatic heterocycles. The minimum Gasteiger partial charge on any atom is -0.504 e. The van der Waals surface area contributed by atoms with Crippen molar-refractivity contribution in [1.29, 1.82) is 0 Å². The monoisotopic (exact) mass is 451 g/mol. The third kappa shape index (κ3) is 2.99. The minimum atomic E-state index is -1.14. The Morgan fingerprint density at radius 2 is 1.88 bits per heavy atom. The van der Waals surface area contributed by atoms with Gasteiger partial charge in [-0.1, -0.05) is 24.3 Å². The van der Waals surface area contributed by atoms with E-state index in [0.29, 0.717) is 35.5 Å². The Morgan fingerprint density at radius 3 is 2.58 bits per heavy atom. The van der Waals surface area contributed by atoms with Crippen molar-refractivity contribution >= 4 is 5.97 Å². The van der Waals surface area contributed by atoms with E-state index in [1.165, 1.54) is 14.2 Å². The van der Waals surface area contributed by atoms with Crippen LogP contribution in [-0.4, -0.2) is 66.6 Å². The topological polar surface area (TPSA) is 88.5 Å². The van der Waals surface area contributed by atoms with Crippen LogP contribution in [0.25, 0.3) is 0 Å². The molecule has 2 N–H and O–H groups in total. The van der Waals surface area contributed by atoms with Crippen molar-refractivity contribution in [3.8, 4) is 11.5 Å². The number of piperidine rings is 1. The maximum Gasteiger partial charge on any atom is 0.339 e. The van der Waals surface area contributed by atoms with Crippen LogP contribution in [0.1, 0.15) is 34.3 Å². The molecule has 7 nitrogen and oxygen atoms in total. The summed E-state index contributed by atoms with van der Waals surface area (Å²) in [5.41, 5.74) is 0.119. The summed E-state index contributed by atoms with van der Waals surface area (Å²) in [5, 5.41) is 22.3. The first-order chi connectivity index (χ1) is 15.9. The largest absolute Gasteiger partial charge is 0.504 e. The number of nitrogens with zero attached hydrogens (tertiary/aromatic N) is 1. The molecule has 5 rings (SSSR count). The van der Waals surface area contributed by atoms with Crippen molar-refractivity contribution in [2.45, 2.75) is 42.4 Å². The van der Waals surface area contributed by atoms with Crippen LogP contribution in [0, 0.1) is 0 Å². The number of likely N-dealkylation sites (tertiary alicyclic amines) is 1. The molecule has 2 aromatic rings. The third-order valence-electron chi connectivity index (χ3n) is 7.74. The van der Waals surface area contributed by atoms with Gasteiger partial charge >= 0.3 is 5.97 Å². The zero-order valence-corrected chi connectivity index (χ0v) is 19.1. The molecule has 0 radical (unpaired) electrons. The Balaban J connectivity index is 1.77. The van der Waals surface area contributed by atoms with Crippen LogP contribution in [0.4, 0.5) is 0 Å². The number of ether oxygens (including phenoxy) is 3. The van der Waals surface area contributed by atoms with E-state index < -0.39 is 23.1 Å². The SMILES string of the molecule is COC1=C[C@]2(OC(=O)c3ccccc3)[C@@H]3Cc4ccc(OC)c(O)c4[C@]2(CCN3C)CC1O. The van der Waals surface area contributed by atoms with E-state index in [-0.39, 0.29) is 18.2 Å². The van der Waals surface area contributed by atoms with Gasteiger partial charge in [0.2, 0.25) is 0 Å². The second-order valence-corrected chi connectivity index (χ2v) is 9.20. The Bertz CT molecular complexity index is 1120. The number of esters is 1. The number of aromatic hydroxyl groups is 1. The van der Waals surface area contributed by atoms with Crippen molar-refractivity contribution in [3.05, 3.63) is 71.0 Å². The highest BCUT2D eigenvalue weighted by atomic mass is 16.6. The van der Waals surface area contributed by atoms with Crippen LogP contribution in [0.15, 0.2) is 54.3 Å². The predicted octanol–water partition coefficient (Wildman–Crippen LogP) is 2.79. The highest BCUT2D eigenvalue weighted by molar-refractivity contribution is 5.90. The Hall–Kier alpha value is -3.03. The van der Waals surface area contributed by atoms with Gasteiger partial charge in [-0.05, 0) is 56.6 Å². The van der Waals surface area contributed by atoms with Crippen LogP contribution in [-0.2, 0) is 21.3 Å². The molecule has 3 aliphatic rings. The maximum absolute atomic E-state index is 13.4. The first-order valence-electron chi connectivity index (χ1n) is 11.2. The lowest BCUT2D eigenvalue weighted by Gasteiger charge is -2.63. The zero-order valence-electron chi connectivity index (χ0n) is 19.1. The minimum absolute atomic E-state index is 0.0413. The average Bonchev–Trinajstić information content (AvgIpc) is 2.82. The Morgan fingerprint density at radius 1 is 1.12 bits per heavy atom. The number of aliphatic hydroxyl groups excluding tert-OH is 1. The molecule has 2 bridgehead atoms. The molecule has 2 aromatic carbocycles. The van der Waals surface area contributed by atoms with E-state index in [4.69, 9.17) is 14.2 Å². The van der Waals surface area contributed by atoms with Gasteiger partial charge in [0.25, 0.3) is 0 Å². The molecule has 0 spiro atoms. The molecular formula is C26H29NO6. The average molecular weight is 452 g/mol. The van der Waals surface area contributed by atoms with E-state index >= 15 is 0 Å². The van der Waals surface area contributed by atoms with Gasteiger partial charge in [-0.15, -0.1) is 0 Å². The lowest BCUT2D eigenvalue weighted by Crippen LogP contribution is -2.73. The summed E-state index contributed by atoms with van der Waals surface area (Å²) >= 11 is 0. The molecule has 4 atom stereocenters. The molecule has 174 valence electrons. The van der Waals surface area contributed by atoms with Crippen LogP contribution < -0.4 is 4.74 Å². The van der Waals surface area contributed by atoms with Crippen LogP contribution in [0.5, 0.6) is 11.5 Å². The molecule has 1 unspecified atom stereocenters. The molecule has 33 heavy (non-hydrogen) atoms. The normalized spacial score (nSPS) is 30.5. The number of hydrogen-bond donors (Lipinski definition) is 2. The summed E-state index contributed by atoms with van der Waals surface area (Å²) in [6.45, 7) is 0.730. The van der Waals surface area contributed by atoms with Gasteiger partial charge in [0.1, 0.15) is 11.9 Å². The smallest absolute Gasteiger partial charge is 0.339 e. The fraction of sp³-hybridized carbons (Fsp3) is 0.423. The highest BCUT2D eigenvalue weighted by Gasteiger charge is 2.68. The quantitative estimate of drug-likeness (QED) is 0.691. The number of benzene rings is 2. The van der Waals surface area contributed by atoms with E-state index in [1.54, 1.807) is 36.4 Å². The van der Waals surface area contributed by atoms with Crippen molar-refractivity contribution in [1.82, 2.24) is 4.90 Å². The number of likely N-dealkylation sites (N-methyl/N-ethyl adjacent to an activating group) is 1. The number of phenolic OH excluding ortho intramolecular Hbond substituents is 1. The van der Waals surface area contributed by atoms with Gasteiger partial charge in [-0.3, -0.25) is 4.90 Å². The summed E-state index contributed by atoms with van der Waals surface area (Å²) in [5.74, 6) is 0.325. The molecule has 2 aliphatic carbocycles. The van der Waals surface area contributed by atoms with Crippen molar-refractivity contribution in [3.63, 3.8) is 0 Å². The Kier molecular flexibility index (Phi) is 5.14. The number of carbonyl (C=O) groups excluding carboxylic acids is 1. The molecule has 1 heterocycles. The Labute approximate surface area is 193 Å². The highest BCUT2D eigenvalue weighted by Crippen LogP contribution is 2.61. The third-order valence-corrected chi connectivity index (χ3v) is 7.74. The fourth-order valence-corrected chi connectivity index (χ4v) is 6.20. The maximum atomic E-state index is 13.4. The van der Waals surface area contributed by atoms with E-state index in [2.05, 4.69) is 4.90 Å². The molecule has 7 heteroatoms. The van der Waals surface area contributed by atoms with Crippen molar-refractivity contribution < 1.29 is 29.2 Å². The number of hydrogen-bond acceptors (Lipinski definition) is 7. The summed E-state index contributed by atoms with van der Waals surface area (Å²) in [6.07, 6.45) is 2.30. The lowest BCUT2D eigenvalue weighted by atomic mass is 9.50. The first kappa shape index (κ1) is 21.8. The van der Waals surface area contributed by atoms with Crippen LogP contribution in [0.2, 0.25) is 0 Å². The van der Waals surface area contributed by atoms with Crippen molar-refractivity contribution in [2.24, 2.45) is 0 Å². The molecule has 0 amide bonds. The van der Waals surface area contributed by atoms with E-state index in [9.17, 15) is 15.0 Å².